The molecule has 14 heteroatoms. The molecule has 2 fully saturated rings. The average molecular weight is 1020 g/mol. The van der Waals surface area contributed by atoms with Crippen molar-refractivity contribution in [3.8, 4) is 0 Å². The van der Waals surface area contributed by atoms with Crippen molar-refractivity contribution in [2.45, 2.75) is 280 Å². The van der Waals surface area contributed by atoms with Gasteiger partial charge in [-0.2, -0.15) is 0 Å². The first-order valence-corrected chi connectivity index (χ1v) is 28.5. The highest BCUT2D eigenvalue weighted by Gasteiger charge is 2.51. The smallest absolute Gasteiger partial charge is 0.224 e. The highest BCUT2D eigenvalue weighted by molar-refractivity contribution is 5.77. The summed E-state index contributed by atoms with van der Waals surface area (Å²) in [6.07, 6.45) is 38.3. The molecule has 2 saturated heterocycles. The Balaban J connectivity index is 1.79. The van der Waals surface area contributed by atoms with Crippen molar-refractivity contribution < 1.29 is 64.6 Å². The lowest BCUT2D eigenvalue weighted by Gasteiger charge is -2.46. The van der Waals surface area contributed by atoms with E-state index in [1.807, 2.05) is 12.2 Å². The third kappa shape index (κ3) is 29.7. The molecule has 12 unspecified atom stereocenters. The zero-order chi connectivity index (χ0) is 52.4. The molecule has 2 rings (SSSR count). The number of carbonyl (C=O) groups excluding carboxylic acids is 1. The molecule has 72 heavy (non-hydrogen) atoms. The van der Waals surface area contributed by atoms with Gasteiger partial charge >= 0.3 is 0 Å². The number of aliphatic hydroxyl groups excluding tert-OH is 8. The Morgan fingerprint density at radius 2 is 0.903 bits per heavy atom. The van der Waals surface area contributed by atoms with Gasteiger partial charge in [-0.3, -0.25) is 4.79 Å². The SMILES string of the molecule is CC/C=C\C/C=C\C/C=C\C/C=C\C/C=C\CC(=O)NC(COC1OC(CO)C(OC2OC(CO)C(O)C(O)C2O)C(O)C1O)C(O)CCCCCCCCCCCCCCCCCCCCCCCCC. The summed E-state index contributed by atoms with van der Waals surface area (Å²) in [6, 6.07) is -0.886. The Hall–Kier alpha value is -2.31. The van der Waals surface area contributed by atoms with Crippen LogP contribution in [0.2, 0.25) is 0 Å². The van der Waals surface area contributed by atoms with Gasteiger partial charge in [0.05, 0.1) is 32.0 Å². The minimum absolute atomic E-state index is 0.0704. The fourth-order valence-electron chi connectivity index (χ4n) is 9.19. The van der Waals surface area contributed by atoms with Crippen LogP contribution in [-0.2, 0) is 23.7 Å². The average Bonchev–Trinajstić information content (AvgIpc) is 3.38. The summed E-state index contributed by atoms with van der Waals surface area (Å²) in [5.74, 6) is -0.334. The van der Waals surface area contributed by atoms with Gasteiger partial charge in [0.2, 0.25) is 5.91 Å². The molecule has 2 heterocycles. The molecule has 0 aromatic heterocycles. The van der Waals surface area contributed by atoms with Crippen molar-refractivity contribution in [3.05, 3.63) is 60.8 Å². The standard InChI is InChI=1S/C58H103NO13/c1-3-5-7-9-11-13-15-17-19-20-21-22-23-24-25-26-28-29-31-33-35-37-39-41-47(62)46(59-50(63)42-40-38-36-34-32-30-27-18-16-14-12-10-8-6-4-2)45-69-57-55(68)53(66)56(49(44-61)71-57)72-58-54(67)52(65)51(64)48(43-60)70-58/h6,8,12,14,18,27,32,34,38,40,46-49,51-58,60-62,64-68H,3-5,7,9-11,13,15-17,19-26,28-31,33,35-37,39,41-45H2,1-2H3,(H,59,63)/b8-6-,14-12-,27-18-,34-32-,40-38-. The summed E-state index contributed by atoms with van der Waals surface area (Å²) >= 11 is 0. The van der Waals surface area contributed by atoms with Crippen LogP contribution >= 0.6 is 0 Å². The normalized spacial score (nSPS) is 26.0. The second kappa shape index (κ2) is 43.9. The number of hydrogen-bond acceptors (Lipinski definition) is 13. The first-order chi connectivity index (χ1) is 35.1. The number of amides is 1. The molecule has 1 amide bonds. The van der Waals surface area contributed by atoms with Crippen LogP contribution in [0.15, 0.2) is 60.8 Å². The largest absolute Gasteiger partial charge is 0.394 e. The van der Waals surface area contributed by atoms with E-state index < -0.39 is 86.8 Å². The molecule has 0 aromatic carbocycles. The van der Waals surface area contributed by atoms with Crippen LogP contribution in [0.4, 0.5) is 0 Å². The highest BCUT2D eigenvalue weighted by atomic mass is 16.7. The molecule has 0 radical (unpaired) electrons. The fourth-order valence-corrected chi connectivity index (χ4v) is 9.19. The van der Waals surface area contributed by atoms with Gasteiger partial charge in [-0.1, -0.05) is 222 Å². The van der Waals surface area contributed by atoms with E-state index in [1.165, 1.54) is 122 Å². The summed E-state index contributed by atoms with van der Waals surface area (Å²) in [4.78, 5) is 13.2. The van der Waals surface area contributed by atoms with E-state index >= 15 is 0 Å². The first kappa shape index (κ1) is 65.8. The molecular weight excluding hydrogens is 919 g/mol. The van der Waals surface area contributed by atoms with E-state index in [4.69, 9.17) is 18.9 Å². The summed E-state index contributed by atoms with van der Waals surface area (Å²) in [6.45, 7) is 2.68. The lowest BCUT2D eigenvalue weighted by molar-refractivity contribution is -0.359. The van der Waals surface area contributed by atoms with E-state index in [0.29, 0.717) is 12.8 Å². The number of unbranched alkanes of at least 4 members (excludes halogenated alkanes) is 22. The van der Waals surface area contributed by atoms with Gasteiger partial charge in [0.15, 0.2) is 12.6 Å². The number of allylic oxidation sites excluding steroid dienone is 9. The number of aliphatic hydroxyl groups is 8. The lowest BCUT2D eigenvalue weighted by atomic mass is 9.97. The third-order valence-corrected chi connectivity index (χ3v) is 13.8. The van der Waals surface area contributed by atoms with Crippen molar-refractivity contribution in [1.29, 1.82) is 0 Å². The molecule has 0 bridgehead atoms. The maximum absolute atomic E-state index is 13.2. The van der Waals surface area contributed by atoms with Gasteiger partial charge in [0.25, 0.3) is 0 Å². The summed E-state index contributed by atoms with van der Waals surface area (Å²) < 4.78 is 22.7. The summed E-state index contributed by atoms with van der Waals surface area (Å²) in [7, 11) is 0. The van der Waals surface area contributed by atoms with Crippen LogP contribution in [0, 0.1) is 0 Å². The summed E-state index contributed by atoms with van der Waals surface area (Å²) in [5.41, 5.74) is 0. The van der Waals surface area contributed by atoms with Crippen LogP contribution in [0.3, 0.4) is 0 Å². The molecule has 2 aliphatic heterocycles. The number of ether oxygens (including phenoxy) is 4. The Bertz CT molecular complexity index is 1440. The number of rotatable bonds is 44. The van der Waals surface area contributed by atoms with Gasteiger partial charge in [-0.15, -0.1) is 0 Å². The number of nitrogens with one attached hydrogen (secondary N) is 1. The molecule has 0 saturated carbocycles. The Morgan fingerprint density at radius 3 is 1.35 bits per heavy atom. The quantitative estimate of drug-likeness (QED) is 0.0205. The topological polar surface area (TPSA) is 228 Å². The number of hydrogen-bond donors (Lipinski definition) is 9. The highest BCUT2D eigenvalue weighted by Crippen LogP contribution is 2.30. The van der Waals surface area contributed by atoms with Crippen LogP contribution in [0.5, 0.6) is 0 Å². The van der Waals surface area contributed by atoms with Crippen LogP contribution < -0.4 is 5.32 Å². The lowest BCUT2D eigenvalue weighted by Crippen LogP contribution is -2.65. The van der Waals surface area contributed by atoms with Crippen molar-refractivity contribution in [2.24, 2.45) is 0 Å². The molecule has 0 aliphatic carbocycles. The molecular formula is C58H103NO13. The van der Waals surface area contributed by atoms with E-state index in [-0.39, 0.29) is 18.9 Å². The number of carbonyl (C=O) groups is 1. The van der Waals surface area contributed by atoms with Crippen LogP contribution in [-0.4, -0.2) is 140 Å². The summed E-state index contributed by atoms with van der Waals surface area (Å²) in [5, 5.41) is 87.0. The first-order valence-electron chi connectivity index (χ1n) is 28.5. The molecule has 418 valence electrons. The van der Waals surface area contributed by atoms with Gasteiger partial charge < -0.3 is 65.1 Å². The fraction of sp³-hybridized carbons (Fsp3) is 0.810. The zero-order valence-electron chi connectivity index (χ0n) is 44.7. The maximum atomic E-state index is 13.2. The molecule has 2 aliphatic rings. The second-order valence-corrected chi connectivity index (χ2v) is 20.1. The minimum Gasteiger partial charge on any atom is -0.394 e. The predicted molar refractivity (Wildman–Crippen MR) is 286 cm³/mol. The Morgan fingerprint density at radius 1 is 0.500 bits per heavy atom. The third-order valence-electron chi connectivity index (χ3n) is 13.8. The monoisotopic (exact) mass is 1020 g/mol. The second-order valence-electron chi connectivity index (χ2n) is 20.1. The minimum atomic E-state index is -1.79. The van der Waals surface area contributed by atoms with Gasteiger partial charge in [-0.25, -0.2) is 0 Å². The molecule has 14 nitrogen and oxygen atoms in total. The molecule has 9 N–H and O–H groups in total. The van der Waals surface area contributed by atoms with Crippen molar-refractivity contribution in [3.63, 3.8) is 0 Å². The molecule has 12 atom stereocenters. The van der Waals surface area contributed by atoms with Crippen LogP contribution in [0.25, 0.3) is 0 Å². The van der Waals surface area contributed by atoms with E-state index in [2.05, 4.69) is 61.7 Å². The van der Waals surface area contributed by atoms with Crippen molar-refractivity contribution in [1.82, 2.24) is 5.32 Å². The van der Waals surface area contributed by atoms with Gasteiger partial charge in [0.1, 0.15) is 48.8 Å². The zero-order valence-corrected chi connectivity index (χ0v) is 44.7. The molecule has 0 spiro atoms. The Kier molecular flexibility index (Phi) is 40.1. The maximum Gasteiger partial charge on any atom is 0.224 e. The van der Waals surface area contributed by atoms with Crippen molar-refractivity contribution in [2.75, 3.05) is 19.8 Å². The van der Waals surface area contributed by atoms with E-state index in [0.717, 1.165) is 51.4 Å². The van der Waals surface area contributed by atoms with Crippen molar-refractivity contribution >= 4 is 5.91 Å². The van der Waals surface area contributed by atoms with E-state index in [9.17, 15) is 45.6 Å². The molecule has 0 aromatic rings. The predicted octanol–water partition coefficient (Wildman–Crippen LogP) is 9.00. The van der Waals surface area contributed by atoms with Crippen LogP contribution in [0.1, 0.15) is 206 Å². The Labute approximate surface area is 435 Å². The van der Waals surface area contributed by atoms with Gasteiger partial charge in [0, 0.05) is 6.42 Å². The van der Waals surface area contributed by atoms with E-state index in [1.54, 1.807) is 6.08 Å². The van der Waals surface area contributed by atoms with Gasteiger partial charge in [-0.05, 0) is 38.5 Å².